The van der Waals surface area contributed by atoms with E-state index in [2.05, 4.69) is 153 Å². The van der Waals surface area contributed by atoms with E-state index in [1.165, 1.54) is 0 Å². The van der Waals surface area contributed by atoms with Gasteiger partial charge in [0.1, 0.15) is 23.0 Å². The van der Waals surface area contributed by atoms with Crippen LogP contribution in [0, 0.1) is 0 Å². The number of carbonyl (C=O) groups excluding carboxylic acids is 2. The Morgan fingerprint density at radius 2 is 0.688 bits per heavy atom. The second-order valence-electron chi connectivity index (χ2n) is 21.7. The maximum absolute atomic E-state index is 13.4. The Hall–Kier alpha value is -6.16. The van der Waals surface area contributed by atoms with Crippen molar-refractivity contribution in [2.75, 3.05) is 24.1 Å². The molecule has 0 fully saturated rings. The number of nitrogens with one attached hydrogen (secondary N) is 4. The summed E-state index contributed by atoms with van der Waals surface area (Å²) in [5.41, 5.74) is 10.4. The number of hydrogen-bond donors (Lipinski definition) is 6. The number of anilines is 2. The number of carbonyl (C=O) groups is 2. The number of aromatic hydroxyl groups is 2. The van der Waals surface area contributed by atoms with Gasteiger partial charge in [-0.15, -0.1) is 0 Å². The Morgan fingerprint density at radius 1 is 0.422 bits per heavy atom. The van der Waals surface area contributed by atoms with Crippen LogP contribution in [0.25, 0.3) is 0 Å². The van der Waals surface area contributed by atoms with Gasteiger partial charge < -0.3 is 41.0 Å². The van der Waals surface area contributed by atoms with Crippen molar-refractivity contribution in [3.05, 3.63) is 140 Å². The second-order valence-corrected chi connectivity index (χ2v) is 21.7. The van der Waals surface area contributed by atoms with Crippen LogP contribution in [0.3, 0.4) is 0 Å². The van der Waals surface area contributed by atoms with Crippen molar-refractivity contribution in [2.24, 2.45) is 0 Å². The standard InChI is InChI=1S/C54H66N4O6/c1-51(2,3)39-20-31-16-35-24-41(53(7,8)9)26-37-18-33-22-40(52(4,5)6)23-34(46(33)60)19-38-27-42(54(10,11)12)25-36(17-32(21-39)45(31)59)48(38)64-30-56-50(62)58-44-15-13-14-43(28-44)57-49(61)55-29-63-47(35)37/h13-15,20-28,59-60H,16-19,29-30H2,1-12H3,(H2,55,57,61)(H2,56,58,62). The summed E-state index contributed by atoms with van der Waals surface area (Å²) in [5, 5.41) is 36.4. The topological polar surface area (TPSA) is 141 Å². The van der Waals surface area contributed by atoms with Crippen LogP contribution in [0.15, 0.2) is 72.8 Å². The summed E-state index contributed by atoms with van der Waals surface area (Å²) in [4.78, 5) is 26.8. The number of ether oxygens (including phenoxy) is 2. The Kier molecular flexibility index (Phi) is 12.2. The summed E-state index contributed by atoms with van der Waals surface area (Å²) >= 11 is 0. The molecule has 3 aliphatic rings. The van der Waals surface area contributed by atoms with Gasteiger partial charge >= 0.3 is 12.1 Å². The Bertz CT molecular complexity index is 2350. The van der Waals surface area contributed by atoms with E-state index in [1.807, 2.05) is 0 Å². The summed E-state index contributed by atoms with van der Waals surface area (Å²) in [6.45, 7) is 25.7. The number of phenolic OH excluding ortho intramolecular Hbond substituents is 2. The fraction of sp³-hybridized carbons (Fsp3) is 0.407. The van der Waals surface area contributed by atoms with Crippen molar-refractivity contribution in [2.45, 2.75) is 130 Å². The molecule has 0 radical (unpaired) electrons. The molecule has 0 atom stereocenters. The predicted molar refractivity (Wildman–Crippen MR) is 257 cm³/mol. The lowest BCUT2D eigenvalue weighted by Gasteiger charge is -2.28. The minimum atomic E-state index is -0.502. The van der Waals surface area contributed by atoms with Crippen LogP contribution in [0.2, 0.25) is 0 Å². The third-order valence-electron chi connectivity index (χ3n) is 12.3. The summed E-state index contributed by atoms with van der Waals surface area (Å²) in [7, 11) is 0. The largest absolute Gasteiger partial charge is 0.507 e. The number of urea groups is 2. The zero-order valence-corrected chi connectivity index (χ0v) is 39.7. The van der Waals surface area contributed by atoms with Gasteiger partial charge in [0.15, 0.2) is 13.5 Å². The van der Waals surface area contributed by atoms with Gasteiger partial charge in [0, 0.05) is 37.1 Å². The Balaban J connectivity index is 1.57. The van der Waals surface area contributed by atoms with E-state index >= 15 is 0 Å². The highest BCUT2D eigenvalue weighted by Gasteiger charge is 2.29. The van der Waals surface area contributed by atoms with E-state index < -0.39 is 12.1 Å². The maximum atomic E-state index is 13.4. The van der Waals surface area contributed by atoms with E-state index in [1.54, 1.807) is 24.3 Å². The van der Waals surface area contributed by atoms with Gasteiger partial charge in [-0.2, -0.15) is 0 Å². The lowest BCUT2D eigenvalue weighted by molar-refractivity contribution is 0.233. The third-order valence-corrected chi connectivity index (χ3v) is 12.3. The Morgan fingerprint density at radius 3 is 0.953 bits per heavy atom. The molecule has 2 heterocycles. The zero-order valence-electron chi connectivity index (χ0n) is 39.7. The SMILES string of the molecule is CC(C)(C)c1cc2c(O)c(c1)Cc1cc(C(C)(C)C)cc3c1OCNC(=O)Nc1cccc(c1)NC(=O)NCOc1c(cc(C(C)(C)C)cc1Cc1cc(C(C)(C)C)cc(c1O)C3)C2. The minimum absolute atomic E-state index is 0.174. The lowest BCUT2D eigenvalue weighted by Crippen LogP contribution is -2.33. The van der Waals surface area contributed by atoms with Gasteiger partial charge in [-0.1, -0.05) is 138 Å². The van der Waals surface area contributed by atoms with E-state index in [9.17, 15) is 19.8 Å². The first-order valence-corrected chi connectivity index (χ1v) is 22.3. The number of rotatable bonds is 0. The lowest BCUT2D eigenvalue weighted by atomic mass is 9.79. The highest BCUT2D eigenvalue weighted by molar-refractivity contribution is 5.92. The Labute approximate surface area is 379 Å². The van der Waals surface area contributed by atoms with Crippen LogP contribution in [-0.2, 0) is 47.3 Å². The molecular weight excluding hydrogens is 801 g/mol. The van der Waals surface area contributed by atoms with Gasteiger partial charge in [-0.05, 0) is 107 Å². The van der Waals surface area contributed by atoms with Gasteiger partial charge in [-0.3, -0.25) is 0 Å². The van der Waals surface area contributed by atoms with Crippen molar-refractivity contribution < 1.29 is 29.3 Å². The molecule has 0 aromatic heterocycles. The molecular formula is C54H66N4O6. The normalized spacial score (nSPS) is 15.1. The molecule has 12 bridgehead atoms. The zero-order chi connectivity index (χ0) is 46.5. The van der Waals surface area contributed by atoms with E-state index in [0.29, 0.717) is 48.6 Å². The van der Waals surface area contributed by atoms with Crippen LogP contribution in [0.5, 0.6) is 23.0 Å². The molecule has 10 nitrogen and oxygen atoms in total. The van der Waals surface area contributed by atoms with Crippen LogP contribution < -0.4 is 30.7 Å². The average Bonchev–Trinajstić information content (AvgIpc) is 3.17. The molecule has 64 heavy (non-hydrogen) atoms. The number of fused-ring (bicyclic) bond motifs is 8. The highest BCUT2D eigenvalue weighted by Crippen LogP contribution is 2.44. The maximum Gasteiger partial charge on any atom is 0.321 e. The van der Waals surface area contributed by atoms with Crippen LogP contribution >= 0.6 is 0 Å². The molecule has 1 aliphatic carbocycles. The number of amides is 4. The summed E-state index contributed by atoms with van der Waals surface area (Å²) < 4.78 is 13.4. The molecule has 8 rings (SSSR count). The smallest absolute Gasteiger partial charge is 0.321 e. The van der Waals surface area contributed by atoms with Crippen molar-refractivity contribution in [1.29, 1.82) is 0 Å². The number of hydrogen-bond acceptors (Lipinski definition) is 6. The van der Waals surface area contributed by atoms with Crippen LogP contribution in [-0.4, -0.2) is 35.7 Å². The molecule has 5 aromatic carbocycles. The first kappa shape index (κ1) is 45.9. The van der Waals surface area contributed by atoms with E-state index in [-0.39, 0.29) is 46.6 Å². The summed E-state index contributed by atoms with van der Waals surface area (Å²) in [5.74, 6) is 1.50. The van der Waals surface area contributed by atoms with Crippen molar-refractivity contribution in [3.63, 3.8) is 0 Å². The monoisotopic (exact) mass is 866 g/mol. The van der Waals surface area contributed by atoms with Crippen molar-refractivity contribution in [3.8, 4) is 23.0 Å². The van der Waals surface area contributed by atoms with Crippen molar-refractivity contribution in [1.82, 2.24) is 10.6 Å². The van der Waals surface area contributed by atoms with Crippen LogP contribution in [0.4, 0.5) is 21.0 Å². The number of benzene rings is 5. The molecule has 6 N–H and O–H groups in total. The highest BCUT2D eigenvalue weighted by atomic mass is 16.5. The second kappa shape index (κ2) is 17.1. The molecule has 0 saturated heterocycles. The van der Waals surface area contributed by atoms with Gasteiger partial charge in [-0.25, -0.2) is 9.59 Å². The van der Waals surface area contributed by atoms with Gasteiger partial charge in [0.05, 0.1) is 0 Å². The molecule has 338 valence electrons. The molecule has 2 aliphatic heterocycles. The fourth-order valence-electron chi connectivity index (χ4n) is 8.39. The predicted octanol–water partition coefficient (Wildman–Crippen LogP) is 11.6. The van der Waals surface area contributed by atoms with Crippen molar-refractivity contribution >= 4 is 23.4 Å². The first-order valence-electron chi connectivity index (χ1n) is 22.3. The molecule has 4 amide bonds. The molecule has 0 spiro atoms. The molecule has 0 unspecified atom stereocenters. The molecule has 5 aromatic rings. The average molecular weight is 867 g/mol. The van der Waals surface area contributed by atoms with Gasteiger partial charge in [0.25, 0.3) is 0 Å². The first-order chi connectivity index (χ1) is 29.8. The van der Waals surface area contributed by atoms with E-state index in [4.69, 9.17) is 9.47 Å². The minimum Gasteiger partial charge on any atom is -0.507 e. The third kappa shape index (κ3) is 10.3. The van der Waals surface area contributed by atoms with E-state index in [0.717, 1.165) is 66.8 Å². The summed E-state index contributed by atoms with van der Waals surface area (Å²) in [6.07, 6.45) is 1.29. The molecule has 10 heteroatoms. The quantitative estimate of drug-likeness (QED) is 0.0898. The van der Waals surface area contributed by atoms with Gasteiger partial charge in [0.2, 0.25) is 0 Å². The molecule has 0 saturated carbocycles. The summed E-state index contributed by atoms with van der Waals surface area (Å²) in [6, 6.07) is 22.8. The van der Waals surface area contributed by atoms with Crippen LogP contribution in [0.1, 0.15) is 150 Å². The number of phenols is 2. The fourth-order valence-corrected chi connectivity index (χ4v) is 8.39.